The van der Waals surface area contributed by atoms with Crippen LogP contribution in [0.25, 0.3) is 0 Å². The number of carbonyl (C=O) groups is 4. The molecule has 4 aliphatic rings. The van der Waals surface area contributed by atoms with Crippen molar-refractivity contribution in [3.63, 3.8) is 0 Å². The number of nitrogens with zero attached hydrogens (tertiary/aromatic N) is 3. The Morgan fingerprint density at radius 1 is 0.838 bits per heavy atom. The van der Waals surface area contributed by atoms with Crippen LogP contribution in [-0.2, 0) is 9.59 Å². The lowest BCUT2D eigenvalue weighted by atomic mass is 9.87. The van der Waals surface area contributed by atoms with Gasteiger partial charge in [-0.3, -0.25) is 29.4 Å². The van der Waals surface area contributed by atoms with Crippen LogP contribution in [0.3, 0.4) is 0 Å². The lowest BCUT2D eigenvalue weighted by Gasteiger charge is -2.27. The summed E-state index contributed by atoms with van der Waals surface area (Å²) in [5.41, 5.74) is 1.25. The van der Waals surface area contributed by atoms with Gasteiger partial charge < -0.3 is 15.1 Å². The van der Waals surface area contributed by atoms with Gasteiger partial charge in [0.05, 0.1) is 11.1 Å². The topological polar surface area (TPSA) is 102 Å². The third-order valence-corrected chi connectivity index (χ3v) is 8.47. The summed E-state index contributed by atoms with van der Waals surface area (Å²) in [7, 11) is 0. The van der Waals surface area contributed by atoms with Crippen LogP contribution in [0.2, 0.25) is 0 Å². The van der Waals surface area contributed by atoms with E-state index in [2.05, 4.69) is 20.4 Å². The van der Waals surface area contributed by atoms with E-state index in [1.807, 2.05) is 6.07 Å². The first-order chi connectivity index (χ1) is 18.0. The van der Waals surface area contributed by atoms with E-state index in [0.29, 0.717) is 23.4 Å². The summed E-state index contributed by atoms with van der Waals surface area (Å²) in [6.07, 6.45) is 9.83. The molecule has 1 unspecified atom stereocenters. The molecule has 200 valence electrons. The lowest BCUT2D eigenvalue weighted by molar-refractivity contribution is -0.136. The molecule has 1 saturated carbocycles. The van der Waals surface area contributed by atoms with Crippen LogP contribution in [0.1, 0.15) is 78.5 Å². The molecule has 3 heterocycles. The van der Waals surface area contributed by atoms with Crippen LogP contribution in [0.15, 0.2) is 18.2 Å². The Hall–Kier alpha value is -2.78. The Balaban J connectivity index is 1.13. The maximum Gasteiger partial charge on any atom is 0.264 e. The minimum Gasteiger partial charge on any atom is -0.383 e. The number of benzene rings is 1. The zero-order valence-corrected chi connectivity index (χ0v) is 21.7. The van der Waals surface area contributed by atoms with Crippen LogP contribution in [0, 0.1) is 5.92 Å². The Labute approximate surface area is 218 Å². The van der Waals surface area contributed by atoms with E-state index in [9.17, 15) is 19.2 Å². The number of anilines is 1. The fourth-order valence-electron chi connectivity index (χ4n) is 6.32. The van der Waals surface area contributed by atoms with E-state index in [1.54, 1.807) is 12.1 Å². The van der Waals surface area contributed by atoms with Crippen molar-refractivity contribution in [2.24, 2.45) is 5.92 Å². The summed E-state index contributed by atoms with van der Waals surface area (Å²) < 4.78 is 0. The predicted molar refractivity (Wildman–Crippen MR) is 140 cm³/mol. The van der Waals surface area contributed by atoms with Crippen LogP contribution >= 0.6 is 0 Å². The van der Waals surface area contributed by atoms with Crippen molar-refractivity contribution in [1.82, 2.24) is 20.0 Å². The van der Waals surface area contributed by atoms with Crippen LogP contribution in [-0.4, -0.2) is 90.2 Å². The summed E-state index contributed by atoms with van der Waals surface area (Å²) in [5.74, 6) is -0.986. The SMILES string of the molecule is O=C1CCC(N2C(=O)c3cccc(NCCN4CCCN(CCC5CCCCC5)CC4)c3C2=O)C(=O)N1. The standard InChI is InChI=1S/C28H39N5O4/c34-24-11-10-23(26(35)30-24)33-27(36)21-8-4-9-22(25(21)28(33)37)29-13-17-32-15-5-14-31(18-19-32)16-12-20-6-2-1-3-7-20/h4,8-9,20,23,29H,1-3,5-7,10-19H2,(H,30,34,35). The van der Waals surface area contributed by atoms with Crippen LogP contribution in [0.5, 0.6) is 0 Å². The van der Waals surface area contributed by atoms with Gasteiger partial charge >= 0.3 is 0 Å². The molecule has 5 rings (SSSR count). The Morgan fingerprint density at radius 3 is 2.35 bits per heavy atom. The van der Waals surface area contributed by atoms with Gasteiger partial charge in [0, 0.05) is 38.3 Å². The van der Waals surface area contributed by atoms with Gasteiger partial charge in [-0.25, -0.2) is 0 Å². The van der Waals surface area contributed by atoms with Gasteiger partial charge in [-0.15, -0.1) is 0 Å². The molecule has 2 N–H and O–H groups in total. The maximum atomic E-state index is 13.3. The summed E-state index contributed by atoms with van der Waals surface area (Å²) in [4.78, 5) is 56.3. The first-order valence-electron chi connectivity index (χ1n) is 14.0. The number of piperidine rings is 1. The highest BCUT2D eigenvalue weighted by Gasteiger charge is 2.45. The first-order valence-corrected chi connectivity index (χ1v) is 14.0. The molecule has 0 radical (unpaired) electrons. The Kier molecular flexibility index (Phi) is 8.20. The number of hydrogen-bond acceptors (Lipinski definition) is 7. The molecule has 9 heteroatoms. The van der Waals surface area contributed by atoms with E-state index < -0.39 is 23.8 Å². The fourth-order valence-corrected chi connectivity index (χ4v) is 6.32. The Bertz CT molecular complexity index is 1040. The number of fused-ring (bicyclic) bond motifs is 1. The molecule has 0 aromatic heterocycles. The second-order valence-corrected chi connectivity index (χ2v) is 10.9. The number of carbonyl (C=O) groups excluding carboxylic acids is 4. The number of nitrogens with one attached hydrogen (secondary N) is 2. The van der Waals surface area contributed by atoms with Gasteiger partial charge in [0.25, 0.3) is 11.8 Å². The van der Waals surface area contributed by atoms with Crippen molar-refractivity contribution < 1.29 is 19.2 Å². The van der Waals surface area contributed by atoms with Gasteiger partial charge in [-0.2, -0.15) is 0 Å². The molecule has 1 atom stereocenters. The van der Waals surface area contributed by atoms with Crippen molar-refractivity contribution in [3.8, 4) is 0 Å². The van der Waals surface area contributed by atoms with Crippen LogP contribution < -0.4 is 10.6 Å². The summed E-state index contributed by atoms with van der Waals surface area (Å²) in [6, 6.07) is 4.25. The predicted octanol–water partition coefficient (Wildman–Crippen LogP) is 2.48. The molecule has 0 spiro atoms. The van der Waals surface area contributed by atoms with Gasteiger partial charge in [-0.05, 0) is 56.9 Å². The third kappa shape index (κ3) is 5.88. The zero-order chi connectivity index (χ0) is 25.8. The number of amides is 4. The van der Waals surface area contributed by atoms with E-state index in [4.69, 9.17) is 0 Å². The van der Waals surface area contributed by atoms with Crippen molar-refractivity contribution in [3.05, 3.63) is 29.3 Å². The quantitative estimate of drug-likeness (QED) is 0.519. The van der Waals surface area contributed by atoms with Gasteiger partial charge in [-0.1, -0.05) is 38.2 Å². The van der Waals surface area contributed by atoms with E-state index in [1.165, 1.54) is 51.5 Å². The van der Waals surface area contributed by atoms with E-state index in [-0.39, 0.29) is 18.7 Å². The molecule has 1 aliphatic carbocycles. The monoisotopic (exact) mass is 509 g/mol. The molecular weight excluding hydrogens is 470 g/mol. The number of hydrogen-bond donors (Lipinski definition) is 2. The second-order valence-electron chi connectivity index (χ2n) is 10.9. The minimum atomic E-state index is -0.948. The molecular formula is C28H39N5O4. The average molecular weight is 510 g/mol. The summed E-state index contributed by atoms with van der Waals surface area (Å²) >= 11 is 0. The average Bonchev–Trinajstić information content (AvgIpc) is 3.03. The van der Waals surface area contributed by atoms with E-state index >= 15 is 0 Å². The fraction of sp³-hybridized carbons (Fsp3) is 0.643. The highest BCUT2D eigenvalue weighted by atomic mass is 16.2. The van der Waals surface area contributed by atoms with E-state index in [0.717, 1.165) is 43.5 Å². The van der Waals surface area contributed by atoms with Crippen molar-refractivity contribution in [1.29, 1.82) is 0 Å². The molecule has 1 aromatic rings. The molecule has 2 saturated heterocycles. The highest BCUT2D eigenvalue weighted by molar-refractivity contribution is 6.25. The first kappa shape index (κ1) is 25.9. The number of rotatable bonds is 8. The third-order valence-electron chi connectivity index (χ3n) is 8.47. The van der Waals surface area contributed by atoms with Gasteiger partial charge in [0.1, 0.15) is 6.04 Å². The summed E-state index contributed by atoms with van der Waals surface area (Å²) in [6.45, 7) is 7.11. The molecule has 1 aromatic carbocycles. The lowest BCUT2D eigenvalue weighted by Crippen LogP contribution is -2.54. The van der Waals surface area contributed by atoms with Crippen molar-refractivity contribution in [2.75, 3.05) is 51.1 Å². The molecule has 3 aliphatic heterocycles. The minimum absolute atomic E-state index is 0.114. The van der Waals surface area contributed by atoms with Gasteiger partial charge in [0.2, 0.25) is 11.8 Å². The molecule has 3 fully saturated rings. The van der Waals surface area contributed by atoms with Crippen molar-refractivity contribution >= 4 is 29.3 Å². The molecule has 4 amide bonds. The largest absolute Gasteiger partial charge is 0.383 e. The van der Waals surface area contributed by atoms with Crippen molar-refractivity contribution in [2.45, 2.75) is 63.8 Å². The second kappa shape index (κ2) is 11.7. The van der Waals surface area contributed by atoms with Crippen LogP contribution in [0.4, 0.5) is 5.69 Å². The van der Waals surface area contributed by atoms with Gasteiger partial charge in [0.15, 0.2) is 0 Å². The number of imide groups is 2. The summed E-state index contributed by atoms with van der Waals surface area (Å²) in [5, 5.41) is 5.62. The highest BCUT2D eigenvalue weighted by Crippen LogP contribution is 2.32. The molecule has 37 heavy (non-hydrogen) atoms. The normalized spacial score (nSPS) is 24.2. The Morgan fingerprint density at radius 2 is 1.59 bits per heavy atom. The zero-order valence-electron chi connectivity index (χ0n) is 21.7. The smallest absolute Gasteiger partial charge is 0.264 e. The molecule has 0 bridgehead atoms. The maximum absolute atomic E-state index is 13.3. The molecule has 9 nitrogen and oxygen atoms in total.